The predicted octanol–water partition coefficient (Wildman–Crippen LogP) is 1.42. The Balaban J connectivity index is 1.72. The van der Waals surface area contributed by atoms with Crippen LogP contribution >= 0.6 is 0 Å². The topological polar surface area (TPSA) is 51.7 Å². The van der Waals surface area contributed by atoms with Gasteiger partial charge in [0.1, 0.15) is 6.10 Å². The Kier molecular flexibility index (Phi) is 4.51. The summed E-state index contributed by atoms with van der Waals surface area (Å²) in [5.74, 6) is 0.120. The standard InChI is InChI=1S/C16H22N2O3/c1-2-20-16-13-6-7-14(16)21-10-9-18(13)15(19)11-12-5-3-4-8-17-12/h3-5,8,13-14,16H,2,6-7,9-11H2,1H3/t13-,14-,16-/m1/s1. The van der Waals surface area contributed by atoms with Gasteiger partial charge in [0, 0.05) is 25.0 Å². The third kappa shape index (κ3) is 3.09. The number of pyridine rings is 1. The van der Waals surface area contributed by atoms with Gasteiger partial charge in [-0.3, -0.25) is 9.78 Å². The first kappa shape index (κ1) is 14.5. The highest BCUT2D eigenvalue weighted by molar-refractivity contribution is 5.78. The number of rotatable bonds is 4. The molecule has 114 valence electrons. The molecule has 21 heavy (non-hydrogen) atoms. The molecule has 2 aliphatic rings. The van der Waals surface area contributed by atoms with Crippen molar-refractivity contribution in [2.75, 3.05) is 19.8 Å². The number of aromatic nitrogens is 1. The number of carbonyl (C=O) groups is 1. The second kappa shape index (κ2) is 6.54. The minimum atomic E-state index is 0.0187. The van der Waals surface area contributed by atoms with Crippen LogP contribution in [0.5, 0.6) is 0 Å². The Bertz CT molecular complexity index is 480. The lowest BCUT2D eigenvalue weighted by molar-refractivity contribution is -0.135. The molecule has 0 N–H and O–H groups in total. The fourth-order valence-corrected chi connectivity index (χ4v) is 3.37. The number of hydrogen-bond acceptors (Lipinski definition) is 4. The molecule has 5 nitrogen and oxygen atoms in total. The molecule has 3 atom stereocenters. The zero-order valence-electron chi connectivity index (χ0n) is 12.4. The first-order valence-electron chi connectivity index (χ1n) is 7.72. The number of ether oxygens (including phenoxy) is 2. The highest BCUT2D eigenvalue weighted by Crippen LogP contribution is 2.32. The van der Waals surface area contributed by atoms with Gasteiger partial charge in [0.2, 0.25) is 5.91 Å². The zero-order chi connectivity index (χ0) is 14.7. The van der Waals surface area contributed by atoms with Crippen LogP contribution < -0.4 is 0 Å². The van der Waals surface area contributed by atoms with Crippen molar-refractivity contribution in [3.05, 3.63) is 30.1 Å². The molecule has 0 aromatic carbocycles. The molecular weight excluding hydrogens is 268 g/mol. The van der Waals surface area contributed by atoms with E-state index in [-0.39, 0.29) is 24.2 Å². The van der Waals surface area contributed by atoms with Crippen molar-refractivity contribution in [3.8, 4) is 0 Å². The molecular formula is C16H22N2O3. The molecule has 0 spiro atoms. The summed E-state index contributed by atoms with van der Waals surface area (Å²) in [6, 6.07) is 5.81. The molecule has 0 unspecified atom stereocenters. The maximum Gasteiger partial charge on any atom is 0.229 e. The summed E-state index contributed by atoms with van der Waals surface area (Å²) in [7, 11) is 0. The van der Waals surface area contributed by atoms with Gasteiger partial charge in [-0.2, -0.15) is 0 Å². The van der Waals surface area contributed by atoms with Crippen LogP contribution in [0.4, 0.5) is 0 Å². The van der Waals surface area contributed by atoms with Gasteiger partial charge in [0.25, 0.3) is 0 Å². The van der Waals surface area contributed by atoms with Crippen LogP contribution in [0.2, 0.25) is 0 Å². The minimum Gasteiger partial charge on any atom is -0.374 e. The molecule has 1 saturated carbocycles. The maximum atomic E-state index is 12.6. The third-order valence-electron chi connectivity index (χ3n) is 4.30. The molecule has 0 radical (unpaired) electrons. The van der Waals surface area contributed by atoms with E-state index in [1.165, 1.54) is 0 Å². The summed E-state index contributed by atoms with van der Waals surface area (Å²) >= 11 is 0. The summed E-state index contributed by atoms with van der Waals surface area (Å²) in [6.45, 7) is 3.89. The number of fused-ring (bicyclic) bond motifs is 2. The van der Waals surface area contributed by atoms with E-state index in [1.54, 1.807) is 6.20 Å². The van der Waals surface area contributed by atoms with Gasteiger partial charge >= 0.3 is 0 Å². The van der Waals surface area contributed by atoms with E-state index in [0.29, 0.717) is 26.2 Å². The van der Waals surface area contributed by atoms with E-state index >= 15 is 0 Å². The Morgan fingerprint density at radius 1 is 1.48 bits per heavy atom. The Morgan fingerprint density at radius 3 is 3.14 bits per heavy atom. The van der Waals surface area contributed by atoms with E-state index in [4.69, 9.17) is 9.47 Å². The largest absolute Gasteiger partial charge is 0.374 e. The molecule has 1 aromatic rings. The molecule has 1 aliphatic carbocycles. The van der Waals surface area contributed by atoms with Gasteiger partial charge in [0.15, 0.2) is 0 Å². The lowest BCUT2D eigenvalue weighted by atomic mass is 10.1. The molecule has 2 fully saturated rings. The SMILES string of the molecule is CCO[C@@H]1[C@H]2CC[C@H]1OCCN2C(=O)Cc1ccccn1. The number of hydrogen-bond donors (Lipinski definition) is 0. The average Bonchev–Trinajstić information content (AvgIpc) is 2.76. The summed E-state index contributed by atoms with van der Waals surface area (Å²) in [4.78, 5) is 18.8. The molecule has 1 saturated heterocycles. The summed E-state index contributed by atoms with van der Waals surface area (Å²) < 4.78 is 11.7. The lowest BCUT2D eigenvalue weighted by Crippen LogP contribution is -2.47. The molecule has 2 bridgehead atoms. The van der Waals surface area contributed by atoms with Crippen LogP contribution in [0, 0.1) is 0 Å². The van der Waals surface area contributed by atoms with Crippen LogP contribution in [0.25, 0.3) is 0 Å². The van der Waals surface area contributed by atoms with Crippen molar-refractivity contribution in [2.45, 2.75) is 44.4 Å². The van der Waals surface area contributed by atoms with E-state index < -0.39 is 0 Å². The first-order chi connectivity index (χ1) is 10.3. The van der Waals surface area contributed by atoms with Gasteiger partial charge in [0.05, 0.1) is 25.2 Å². The smallest absolute Gasteiger partial charge is 0.229 e. The van der Waals surface area contributed by atoms with Crippen LogP contribution in [0.1, 0.15) is 25.5 Å². The van der Waals surface area contributed by atoms with Crippen molar-refractivity contribution in [1.29, 1.82) is 0 Å². The number of nitrogens with zero attached hydrogens (tertiary/aromatic N) is 2. The van der Waals surface area contributed by atoms with Crippen molar-refractivity contribution >= 4 is 5.91 Å². The van der Waals surface area contributed by atoms with Crippen molar-refractivity contribution in [1.82, 2.24) is 9.88 Å². The molecule has 1 aliphatic heterocycles. The van der Waals surface area contributed by atoms with Crippen LogP contribution in [0.15, 0.2) is 24.4 Å². The summed E-state index contributed by atoms with van der Waals surface area (Å²) in [6.07, 6.45) is 4.17. The van der Waals surface area contributed by atoms with E-state index in [0.717, 1.165) is 18.5 Å². The molecule has 2 heterocycles. The van der Waals surface area contributed by atoms with E-state index in [9.17, 15) is 4.79 Å². The Morgan fingerprint density at radius 2 is 2.38 bits per heavy atom. The molecule has 5 heteroatoms. The Labute approximate surface area is 125 Å². The summed E-state index contributed by atoms with van der Waals surface area (Å²) in [5, 5.41) is 0. The van der Waals surface area contributed by atoms with Gasteiger partial charge < -0.3 is 14.4 Å². The van der Waals surface area contributed by atoms with Crippen molar-refractivity contribution < 1.29 is 14.3 Å². The third-order valence-corrected chi connectivity index (χ3v) is 4.30. The van der Waals surface area contributed by atoms with Gasteiger partial charge in [-0.05, 0) is 31.9 Å². The molecule has 1 amide bonds. The fraction of sp³-hybridized carbons (Fsp3) is 0.625. The van der Waals surface area contributed by atoms with Crippen LogP contribution in [-0.2, 0) is 20.7 Å². The van der Waals surface area contributed by atoms with Gasteiger partial charge in [-0.1, -0.05) is 6.07 Å². The highest BCUT2D eigenvalue weighted by atomic mass is 16.5. The quantitative estimate of drug-likeness (QED) is 0.841. The van der Waals surface area contributed by atoms with Gasteiger partial charge in [-0.15, -0.1) is 0 Å². The van der Waals surface area contributed by atoms with Crippen molar-refractivity contribution in [3.63, 3.8) is 0 Å². The average molecular weight is 290 g/mol. The highest BCUT2D eigenvalue weighted by Gasteiger charge is 2.44. The monoisotopic (exact) mass is 290 g/mol. The second-order valence-electron chi connectivity index (χ2n) is 5.56. The first-order valence-corrected chi connectivity index (χ1v) is 7.72. The normalized spacial score (nSPS) is 28.4. The lowest BCUT2D eigenvalue weighted by Gasteiger charge is -2.31. The Hall–Kier alpha value is -1.46. The molecule has 1 aromatic heterocycles. The van der Waals surface area contributed by atoms with Crippen molar-refractivity contribution in [2.24, 2.45) is 0 Å². The van der Waals surface area contributed by atoms with Gasteiger partial charge in [-0.25, -0.2) is 0 Å². The van der Waals surface area contributed by atoms with Crippen LogP contribution in [-0.4, -0.2) is 53.8 Å². The minimum absolute atomic E-state index is 0.0187. The molecule has 3 rings (SSSR count). The summed E-state index contributed by atoms with van der Waals surface area (Å²) in [5.41, 5.74) is 0.815. The number of amides is 1. The maximum absolute atomic E-state index is 12.6. The van der Waals surface area contributed by atoms with E-state index in [1.807, 2.05) is 30.0 Å². The zero-order valence-corrected chi connectivity index (χ0v) is 12.4. The predicted molar refractivity (Wildman–Crippen MR) is 77.8 cm³/mol. The number of carbonyl (C=O) groups excluding carboxylic acids is 1. The fourth-order valence-electron chi connectivity index (χ4n) is 3.37. The second-order valence-corrected chi connectivity index (χ2v) is 5.56. The van der Waals surface area contributed by atoms with E-state index in [2.05, 4.69) is 4.98 Å². The van der Waals surface area contributed by atoms with Crippen LogP contribution in [0.3, 0.4) is 0 Å².